The minimum atomic E-state index is -4.13. The van der Waals surface area contributed by atoms with Gasteiger partial charge in [0.1, 0.15) is 11.7 Å². The fraction of sp³-hybridized carbons (Fsp3) is 0.375. The number of halogens is 1. The van der Waals surface area contributed by atoms with E-state index in [0.717, 1.165) is 26.9 Å². The molecule has 0 aliphatic carbocycles. The normalized spacial score (nSPS) is 15.3. The highest BCUT2D eigenvalue weighted by Crippen LogP contribution is 2.27. The Balaban J connectivity index is 1.76. The number of ether oxygens (including phenoxy) is 1. The average molecular weight is 426 g/mol. The van der Waals surface area contributed by atoms with E-state index in [2.05, 4.69) is 21.9 Å². The third-order valence-corrected chi connectivity index (χ3v) is 6.22. The van der Waals surface area contributed by atoms with Crippen LogP contribution in [0, 0.1) is 5.82 Å². The maximum atomic E-state index is 14.3. The van der Waals surface area contributed by atoms with Gasteiger partial charge < -0.3 is 15.0 Å². The van der Waals surface area contributed by atoms with Gasteiger partial charge in [-0.15, -0.1) is 0 Å². The lowest BCUT2D eigenvalue weighted by Gasteiger charge is -2.34. The van der Waals surface area contributed by atoms with Crippen LogP contribution in [0.4, 0.5) is 4.39 Å². The zero-order valence-corrected chi connectivity index (χ0v) is 16.4. The van der Waals surface area contributed by atoms with Crippen LogP contribution in [0.2, 0.25) is 0 Å². The van der Waals surface area contributed by atoms with Gasteiger partial charge in [-0.1, -0.05) is 6.58 Å². The fourth-order valence-corrected chi connectivity index (χ4v) is 4.39. The predicted molar refractivity (Wildman–Crippen MR) is 99.7 cm³/mol. The molecule has 29 heavy (non-hydrogen) atoms. The molecule has 3 rings (SSSR count). The first-order valence-corrected chi connectivity index (χ1v) is 9.93. The Morgan fingerprint density at radius 3 is 2.62 bits per heavy atom. The number of carbonyl (C=O) groups excluding carboxylic acids is 2. The van der Waals surface area contributed by atoms with E-state index in [1.807, 2.05) is 0 Å². The van der Waals surface area contributed by atoms with E-state index in [9.17, 15) is 22.4 Å². The monoisotopic (exact) mass is 426 g/mol. The van der Waals surface area contributed by atoms with E-state index in [-0.39, 0.29) is 55.5 Å². The lowest BCUT2D eigenvalue weighted by molar-refractivity contribution is -0.133. The SMILES string of the molecule is C=CC(=O)NCC(=O)N1CCN(S(=O)(=O)n2cc(F)c3c(OC)ncnc32)CC1. The van der Waals surface area contributed by atoms with Gasteiger partial charge in [0.15, 0.2) is 11.5 Å². The van der Waals surface area contributed by atoms with Crippen molar-refractivity contribution in [3.63, 3.8) is 0 Å². The molecule has 0 radical (unpaired) electrons. The molecule has 0 saturated carbocycles. The summed E-state index contributed by atoms with van der Waals surface area (Å²) in [5.74, 6) is -1.71. The molecule has 2 aromatic heterocycles. The molecular formula is C16H19FN6O5S. The molecule has 11 nitrogen and oxygen atoms in total. The first-order chi connectivity index (χ1) is 13.8. The molecule has 1 fully saturated rings. The van der Waals surface area contributed by atoms with E-state index < -0.39 is 21.9 Å². The van der Waals surface area contributed by atoms with Crippen LogP contribution in [-0.2, 0) is 19.8 Å². The second-order valence-corrected chi connectivity index (χ2v) is 7.87. The van der Waals surface area contributed by atoms with Crippen LogP contribution in [0.15, 0.2) is 25.2 Å². The van der Waals surface area contributed by atoms with E-state index in [0.29, 0.717) is 0 Å². The highest BCUT2D eigenvalue weighted by atomic mass is 32.2. The van der Waals surface area contributed by atoms with E-state index in [1.54, 1.807) is 0 Å². The van der Waals surface area contributed by atoms with E-state index >= 15 is 0 Å². The molecule has 1 aliphatic heterocycles. The van der Waals surface area contributed by atoms with Crippen molar-refractivity contribution in [1.29, 1.82) is 0 Å². The molecule has 0 spiro atoms. The Bertz CT molecular complexity index is 1060. The quantitative estimate of drug-likeness (QED) is 0.594. The van der Waals surface area contributed by atoms with Crippen LogP contribution in [0.1, 0.15) is 0 Å². The fourth-order valence-electron chi connectivity index (χ4n) is 2.94. The molecule has 156 valence electrons. The summed E-state index contributed by atoms with van der Waals surface area (Å²) in [5.41, 5.74) is -0.139. The van der Waals surface area contributed by atoms with Gasteiger partial charge >= 0.3 is 10.2 Å². The van der Waals surface area contributed by atoms with Crippen molar-refractivity contribution >= 4 is 33.1 Å². The third kappa shape index (κ3) is 3.91. The number of hydrogen-bond acceptors (Lipinski definition) is 7. The Kier molecular flexibility index (Phi) is 5.79. The number of aromatic nitrogens is 3. The van der Waals surface area contributed by atoms with Crippen molar-refractivity contribution < 1.29 is 27.1 Å². The number of nitrogens with one attached hydrogen (secondary N) is 1. The lowest BCUT2D eigenvalue weighted by Crippen LogP contribution is -2.53. The van der Waals surface area contributed by atoms with Crippen molar-refractivity contribution in [2.45, 2.75) is 0 Å². The number of carbonyl (C=O) groups is 2. The van der Waals surface area contributed by atoms with Gasteiger partial charge in [-0.05, 0) is 6.08 Å². The van der Waals surface area contributed by atoms with Crippen LogP contribution in [0.25, 0.3) is 11.0 Å². The number of nitrogens with zero attached hydrogens (tertiary/aromatic N) is 5. The molecule has 0 bridgehead atoms. The van der Waals surface area contributed by atoms with E-state index in [1.165, 1.54) is 12.0 Å². The molecule has 2 amide bonds. The van der Waals surface area contributed by atoms with Crippen LogP contribution in [-0.4, -0.2) is 83.2 Å². The highest BCUT2D eigenvalue weighted by molar-refractivity contribution is 7.87. The van der Waals surface area contributed by atoms with Crippen LogP contribution in [0.3, 0.4) is 0 Å². The van der Waals surface area contributed by atoms with Gasteiger partial charge in [0.25, 0.3) is 0 Å². The summed E-state index contributed by atoms with van der Waals surface area (Å²) in [4.78, 5) is 32.4. The molecule has 2 aromatic rings. The summed E-state index contributed by atoms with van der Waals surface area (Å²) in [6, 6.07) is 0. The van der Waals surface area contributed by atoms with Crippen molar-refractivity contribution in [2.24, 2.45) is 0 Å². The van der Waals surface area contributed by atoms with Gasteiger partial charge in [-0.25, -0.2) is 18.3 Å². The zero-order chi connectivity index (χ0) is 21.2. The topological polar surface area (TPSA) is 127 Å². The van der Waals surface area contributed by atoms with Crippen molar-refractivity contribution in [2.75, 3.05) is 39.8 Å². The zero-order valence-electron chi connectivity index (χ0n) is 15.5. The molecule has 0 aromatic carbocycles. The molecule has 1 saturated heterocycles. The number of fused-ring (bicyclic) bond motifs is 1. The smallest absolute Gasteiger partial charge is 0.309 e. The molecule has 1 aliphatic rings. The number of amides is 2. The maximum Gasteiger partial charge on any atom is 0.309 e. The highest BCUT2D eigenvalue weighted by Gasteiger charge is 2.32. The summed E-state index contributed by atoms with van der Waals surface area (Å²) in [6.07, 6.45) is 2.96. The second-order valence-electron chi connectivity index (χ2n) is 6.06. The number of hydrogen-bond donors (Lipinski definition) is 1. The van der Waals surface area contributed by atoms with Gasteiger partial charge in [0.2, 0.25) is 17.7 Å². The standard InChI is InChI=1S/C16H19FN6O5S/c1-3-12(24)18-8-13(25)21-4-6-22(7-5-21)29(26,27)23-9-11(17)14-15(23)19-10-20-16(14)28-2/h3,9-10H,1,4-8H2,2H3,(H,18,24). The first kappa shape index (κ1) is 20.7. The molecule has 0 atom stereocenters. The van der Waals surface area contributed by atoms with Gasteiger partial charge in [-0.2, -0.15) is 12.7 Å². The Labute approximate surface area is 165 Å². The molecule has 1 N–H and O–H groups in total. The van der Waals surface area contributed by atoms with Crippen LogP contribution in [0.5, 0.6) is 5.88 Å². The minimum Gasteiger partial charge on any atom is -0.480 e. The second kappa shape index (κ2) is 8.13. The van der Waals surface area contributed by atoms with Crippen LogP contribution < -0.4 is 10.1 Å². The third-order valence-electron chi connectivity index (χ3n) is 4.43. The average Bonchev–Trinajstić information content (AvgIpc) is 3.09. The van der Waals surface area contributed by atoms with Gasteiger partial charge in [-0.3, -0.25) is 9.59 Å². The molecule has 0 unspecified atom stereocenters. The van der Waals surface area contributed by atoms with Crippen molar-refractivity contribution in [3.05, 3.63) is 31.0 Å². The predicted octanol–water partition coefficient (Wildman–Crippen LogP) is -0.882. The molecule has 3 heterocycles. The first-order valence-electron chi connectivity index (χ1n) is 8.53. The van der Waals surface area contributed by atoms with Crippen LogP contribution >= 0.6 is 0 Å². The van der Waals surface area contributed by atoms with Crippen molar-refractivity contribution in [1.82, 2.24) is 28.5 Å². The molecule has 13 heteroatoms. The minimum absolute atomic E-state index is 0.00693. The summed E-state index contributed by atoms with van der Waals surface area (Å²) in [7, 11) is -2.84. The number of methoxy groups -OCH3 is 1. The van der Waals surface area contributed by atoms with Crippen molar-refractivity contribution in [3.8, 4) is 5.88 Å². The van der Waals surface area contributed by atoms with Gasteiger partial charge in [0.05, 0.1) is 19.9 Å². The Hall–Kier alpha value is -3.06. The lowest BCUT2D eigenvalue weighted by atomic mass is 10.3. The van der Waals surface area contributed by atoms with Gasteiger partial charge in [0, 0.05) is 26.2 Å². The van der Waals surface area contributed by atoms with E-state index in [4.69, 9.17) is 4.74 Å². The number of piperazine rings is 1. The summed E-state index contributed by atoms with van der Waals surface area (Å²) >= 11 is 0. The summed E-state index contributed by atoms with van der Waals surface area (Å²) < 4.78 is 47.2. The summed E-state index contributed by atoms with van der Waals surface area (Å²) in [5, 5.41) is 2.24. The summed E-state index contributed by atoms with van der Waals surface area (Å²) in [6.45, 7) is 3.36. The Morgan fingerprint density at radius 1 is 1.31 bits per heavy atom. The largest absolute Gasteiger partial charge is 0.480 e. The maximum absolute atomic E-state index is 14.3. The number of rotatable bonds is 6. The molecular weight excluding hydrogens is 407 g/mol. The Morgan fingerprint density at radius 2 is 2.00 bits per heavy atom.